The third-order valence-electron chi connectivity index (χ3n) is 3.41. The van der Waals surface area contributed by atoms with E-state index in [1.54, 1.807) is 0 Å². The molecule has 0 saturated heterocycles. The van der Waals surface area contributed by atoms with Crippen LogP contribution in [0.25, 0.3) is 0 Å². The fourth-order valence-electron chi connectivity index (χ4n) is 2.42. The van der Waals surface area contributed by atoms with Crippen molar-refractivity contribution in [3.63, 3.8) is 0 Å². The van der Waals surface area contributed by atoms with E-state index in [1.165, 1.54) is 18.6 Å². The van der Waals surface area contributed by atoms with Crippen LogP contribution in [0.5, 0.6) is 5.75 Å². The Hall–Kier alpha value is -1.14. The van der Waals surface area contributed by atoms with Gasteiger partial charge in [0.05, 0.1) is 11.0 Å². The Balaban J connectivity index is 2.13. The van der Waals surface area contributed by atoms with Crippen LogP contribution in [0.1, 0.15) is 32.6 Å². The molecule has 0 aliphatic heterocycles. The second-order valence-corrected chi connectivity index (χ2v) is 6.71. The van der Waals surface area contributed by atoms with Crippen LogP contribution in [0.3, 0.4) is 0 Å². The Morgan fingerprint density at radius 1 is 1.37 bits per heavy atom. The van der Waals surface area contributed by atoms with Crippen molar-refractivity contribution in [3.05, 3.63) is 24.0 Å². The monoisotopic (exact) mass is 287 g/mol. The molecule has 0 spiro atoms. The largest absolute Gasteiger partial charge is 0.487 e. The van der Waals surface area contributed by atoms with Gasteiger partial charge < -0.3 is 4.74 Å². The number of nitrogens with two attached hydrogens (primary N) is 1. The molecule has 2 unspecified atom stereocenters. The average Bonchev–Trinajstić information content (AvgIpc) is 2.30. The quantitative estimate of drug-likeness (QED) is 0.928. The Kier molecular flexibility index (Phi) is 4.10. The van der Waals surface area contributed by atoms with E-state index in [-0.39, 0.29) is 16.7 Å². The van der Waals surface area contributed by atoms with Gasteiger partial charge in [-0.3, -0.25) is 0 Å². The molecule has 1 saturated carbocycles. The summed E-state index contributed by atoms with van der Waals surface area (Å²) < 4.78 is 41.6. The zero-order valence-corrected chi connectivity index (χ0v) is 11.6. The van der Waals surface area contributed by atoms with Crippen LogP contribution in [-0.2, 0) is 10.0 Å². The lowest BCUT2D eigenvalue weighted by Gasteiger charge is -2.27. The molecule has 0 heterocycles. The summed E-state index contributed by atoms with van der Waals surface area (Å²) in [5.41, 5.74) is 0. The maximum Gasteiger partial charge on any atom is 0.238 e. The molecule has 2 atom stereocenters. The zero-order chi connectivity index (χ0) is 14.0. The van der Waals surface area contributed by atoms with E-state index in [0.717, 1.165) is 25.3 Å². The summed E-state index contributed by atoms with van der Waals surface area (Å²) in [5, 5.41) is 4.94. The zero-order valence-electron chi connectivity index (χ0n) is 10.8. The molecular weight excluding hydrogens is 269 g/mol. The average molecular weight is 287 g/mol. The molecule has 106 valence electrons. The lowest BCUT2D eigenvalue weighted by Crippen LogP contribution is -2.24. The lowest BCUT2D eigenvalue weighted by atomic mass is 9.89. The number of sulfonamides is 1. The summed E-state index contributed by atoms with van der Waals surface area (Å²) in [7, 11) is -3.88. The lowest BCUT2D eigenvalue weighted by molar-refractivity contribution is 0.124. The van der Waals surface area contributed by atoms with Crippen molar-refractivity contribution < 1.29 is 17.5 Å². The third-order valence-corrected chi connectivity index (χ3v) is 4.32. The minimum absolute atomic E-state index is 0.00131. The number of ether oxygens (including phenoxy) is 1. The fraction of sp³-hybridized carbons (Fsp3) is 0.538. The molecule has 1 aliphatic carbocycles. The first-order valence-corrected chi connectivity index (χ1v) is 7.90. The molecule has 1 aliphatic rings. The van der Waals surface area contributed by atoms with Gasteiger partial charge in [-0.2, -0.15) is 0 Å². The first kappa shape index (κ1) is 14.3. The van der Waals surface area contributed by atoms with Crippen LogP contribution in [0.15, 0.2) is 23.1 Å². The van der Waals surface area contributed by atoms with E-state index in [4.69, 9.17) is 9.88 Å². The second kappa shape index (κ2) is 5.46. The van der Waals surface area contributed by atoms with Gasteiger partial charge in [-0.1, -0.05) is 13.3 Å². The van der Waals surface area contributed by atoms with Gasteiger partial charge >= 0.3 is 0 Å². The van der Waals surface area contributed by atoms with Crippen molar-refractivity contribution in [2.24, 2.45) is 11.1 Å². The predicted octanol–water partition coefficient (Wildman–Crippen LogP) is 2.43. The minimum Gasteiger partial charge on any atom is -0.487 e. The normalized spacial score (nSPS) is 24.2. The standard InChI is InChI=1S/C13H18FNO3S/c1-9-3-2-4-10(7-9)18-13-6-5-11(8-12(13)14)19(15,16)17/h5-6,8-10H,2-4,7H2,1H3,(H2,15,16,17). The van der Waals surface area contributed by atoms with E-state index >= 15 is 0 Å². The SMILES string of the molecule is CC1CCCC(Oc2ccc(S(N)(=O)=O)cc2F)C1. The molecule has 2 N–H and O–H groups in total. The second-order valence-electron chi connectivity index (χ2n) is 5.15. The van der Waals surface area contributed by atoms with Crippen LogP contribution in [0.4, 0.5) is 4.39 Å². The van der Waals surface area contributed by atoms with Crippen LogP contribution in [0, 0.1) is 11.7 Å². The first-order valence-electron chi connectivity index (χ1n) is 6.35. The van der Waals surface area contributed by atoms with Gasteiger partial charge in [-0.05, 0) is 43.4 Å². The molecule has 1 aromatic carbocycles. The van der Waals surface area contributed by atoms with Crippen LogP contribution >= 0.6 is 0 Å². The molecule has 0 bridgehead atoms. The molecule has 0 amide bonds. The highest BCUT2D eigenvalue weighted by Crippen LogP contribution is 2.29. The molecule has 0 radical (unpaired) electrons. The van der Waals surface area contributed by atoms with Gasteiger partial charge in [0.25, 0.3) is 0 Å². The molecule has 6 heteroatoms. The summed E-state index contributed by atoms with van der Waals surface area (Å²) in [4.78, 5) is -0.241. The van der Waals surface area contributed by atoms with Crippen LogP contribution in [-0.4, -0.2) is 14.5 Å². The number of hydrogen-bond acceptors (Lipinski definition) is 3. The van der Waals surface area contributed by atoms with Crippen molar-refractivity contribution >= 4 is 10.0 Å². The molecule has 1 aromatic rings. The van der Waals surface area contributed by atoms with E-state index in [0.29, 0.717) is 5.92 Å². The highest BCUT2D eigenvalue weighted by Gasteiger charge is 2.22. The molecule has 2 rings (SSSR count). The third kappa shape index (κ3) is 3.67. The van der Waals surface area contributed by atoms with E-state index in [2.05, 4.69) is 6.92 Å². The van der Waals surface area contributed by atoms with Gasteiger partial charge in [0.1, 0.15) is 0 Å². The van der Waals surface area contributed by atoms with Gasteiger partial charge in [-0.15, -0.1) is 0 Å². The summed E-state index contributed by atoms with van der Waals surface area (Å²) in [6, 6.07) is 3.49. The molecule has 1 fully saturated rings. The van der Waals surface area contributed by atoms with Gasteiger partial charge in [-0.25, -0.2) is 17.9 Å². The molecule has 19 heavy (non-hydrogen) atoms. The van der Waals surface area contributed by atoms with Crippen molar-refractivity contribution in [1.29, 1.82) is 0 Å². The Labute approximate surface area is 112 Å². The summed E-state index contributed by atoms with van der Waals surface area (Å²) in [6.45, 7) is 2.15. The molecular formula is C13H18FNO3S. The topological polar surface area (TPSA) is 69.4 Å². The Morgan fingerprint density at radius 3 is 2.68 bits per heavy atom. The van der Waals surface area contributed by atoms with Gasteiger partial charge in [0.15, 0.2) is 11.6 Å². The Bertz CT molecular complexity index is 559. The molecule has 4 nitrogen and oxygen atoms in total. The van der Waals surface area contributed by atoms with Crippen molar-refractivity contribution in [2.45, 2.75) is 43.6 Å². The van der Waals surface area contributed by atoms with E-state index < -0.39 is 15.8 Å². The summed E-state index contributed by atoms with van der Waals surface area (Å²) in [5.74, 6) is -0.0262. The van der Waals surface area contributed by atoms with Crippen LogP contribution < -0.4 is 9.88 Å². The van der Waals surface area contributed by atoms with Gasteiger partial charge in [0, 0.05) is 0 Å². The van der Waals surface area contributed by atoms with E-state index in [1.807, 2.05) is 0 Å². The number of rotatable bonds is 3. The van der Waals surface area contributed by atoms with Gasteiger partial charge in [0.2, 0.25) is 10.0 Å². The van der Waals surface area contributed by atoms with E-state index in [9.17, 15) is 12.8 Å². The summed E-state index contributed by atoms with van der Waals surface area (Å²) in [6.07, 6.45) is 4.05. The Morgan fingerprint density at radius 2 is 2.11 bits per heavy atom. The van der Waals surface area contributed by atoms with Crippen molar-refractivity contribution in [3.8, 4) is 5.75 Å². The van der Waals surface area contributed by atoms with Crippen molar-refractivity contribution in [2.75, 3.05) is 0 Å². The maximum absolute atomic E-state index is 13.8. The van der Waals surface area contributed by atoms with Crippen LogP contribution in [0.2, 0.25) is 0 Å². The fourth-order valence-corrected chi connectivity index (χ4v) is 2.94. The number of halogens is 1. The highest BCUT2D eigenvalue weighted by molar-refractivity contribution is 7.89. The summed E-state index contributed by atoms with van der Waals surface area (Å²) >= 11 is 0. The van der Waals surface area contributed by atoms with Crippen molar-refractivity contribution in [1.82, 2.24) is 0 Å². The number of primary sulfonamides is 1. The molecule has 0 aromatic heterocycles. The number of hydrogen-bond donors (Lipinski definition) is 1. The predicted molar refractivity (Wildman–Crippen MR) is 69.8 cm³/mol. The smallest absolute Gasteiger partial charge is 0.238 e. The first-order chi connectivity index (χ1) is 8.86. The number of benzene rings is 1. The highest BCUT2D eigenvalue weighted by atomic mass is 32.2. The maximum atomic E-state index is 13.8. The minimum atomic E-state index is -3.88.